The van der Waals surface area contributed by atoms with Crippen molar-refractivity contribution >= 4 is 29.9 Å². The second kappa shape index (κ2) is 12.0. The van der Waals surface area contributed by atoms with Crippen LogP contribution < -0.4 is 5.32 Å². The molecule has 0 amide bonds. The van der Waals surface area contributed by atoms with Crippen LogP contribution in [0.15, 0.2) is 21.5 Å². The van der Waals surface area contributed by atoms with Crippen LogP contribution in [0.4, 0.5) is 0 Å². The van der Waals surface area contributed by atoms with E-state index in [4.69, 9.17) is 14.1 Å². The van der Waals surface area contributed by atoms with Crippen molar-refractivity contribution < 1.29 is 9.15 Å². The average molecular weight is 504 g/mol. The second-order valence-corrected chi connectivity index (χ2v) is 7.84. The maximum Gasteiger partial charge on any atom is 0.193 e. The number of furan rings is 1. The minimum atomic E-state index is 0. The van der Waals surface area contributed by atoms with Crippen molar-refractivity contribution in [1.29, 1.82) is 0 Å². The number of nitrogens with zero attached hydrogens (tertiary/aromatic N) is 3. The van der Waals surface area contributed by atoms with Gasteiger partial charge in [-0.05, 0) is 70.7 Å². The Morgan fingerprint density at radius 1 is 1.36 bits per heavy atom. The van der Waals surface area contributed by atoms with Gasteiger partial charge in [-0.15, -0.1) is 24.0 Å². The molecule has 0 bridgehead atoms. The smallest absolute Gasteiger partial charge is 0.193 e. The minimum absolute atomic E-state index is 0. The molecule has 3 rings (SSSR count). The Morgan fingerprint density at radius 2 is 2.11 bits per heavy atom. The summed E-state index contributed by atoms with van der Waals surface area (Å²) in [5.74, 6) is 3.76. The maximum atomic E-state index is 5.95. The fourth-order valence-electron chi connectivity index (χ4n) is 3.56. The lowest BCUT2D eigenvalue weighted by Gasteiger charge is -2.26. The SMILES string of the molecule is CCNC(=NCC(c1ccc(C)o1)N1CCCC1)N(C)CCOCC1CC1.I. The highest BCUT2D eigenvalue weighted by Crippen LogP contribution is 2.29. The third-order valence-electron chi connectivity index (χ3n) is 5.40. The summed E-state index contributed by atoms with van der Waals surface area (Å²) in [6, 6.07) is 4.38. The first-order chi connectivity index (χ1) is 13.2. The van der Waals surface area contributed by atoms with Gasteiger partial charge in [-0.1, -0.05) is 0 Å². The van der Waals surface area contributed by atoms with Crippen LogP contribution in [0.25, 0.3) is 0 Å². The van der Waals surface area contributed by atoms with Gasteiger partial charge in [0.2, 0.25) is 0 Å². The zero-order chi connectivity index (χ0) is 19.1. The highest BCUT2D eigenvalue weighted by atomic mass is 127. The number of aliphatic imine (C=N–C) groups is 1. The molecule has 0 radical (unpaired) electrons. The van der Waals surface area contributed by atoms with Crippen molar-refractivity contribution in [2.75, 3.05) is 53.0 Å². The molecular weight excluding hydrogens is 467 g/mol. The lowest BCUT2D eigenvalue weighted by atomic mass is 10.2. The molecule has 1 unspecified atom stereocenters. The topological polar surface area (TPSA) is 53.2 Å². The fraction of sp³-hybridized carbons (Fsp3) is 0.762. The predicted octanol–water partition coefficient (Wildman–Crippen LogP) is 3.67. The summed E-state index contributed by atoms with van der Waals surface area (Å²) in [4.78, 5) is 9.62. The Bertz CT molecular complexity index is 597. The van der Waals surface area contributed by atoms with Gasteiger partial charge < -0.3 is 19.4 Å². The summed E-state index contributed by atoms with van der Waals surface area (Å²) in [7, 11) is 2.09. The molecule has 6 nitrogen and oxygen atoms in total. The molecule has 1 saturated heterocycles. The fourth-order valence-corrected chi connectivity index (χ4v) is 3.56. The monoisotopic (exact) mass is 504 g/mol. The van der Waals surface area contributed by atoms with E-state index in [-0.39, 0.29) is 30.0 Å². The van der Waals surface area contributed by atoms with Gasteiger partial charge >= 0.3 is 0 Å². The van der Waals surface area contributed by atoms with E-state index in [9.17, 15) is 0 Å². The number of guanidine groups is 1. The molecule has 1 saturated carbocycles. The summed E-state index contributed by atoms with van der Waals surface area (Å²) >= 11 is 0. The highest BCUT2D eigenvalue weighted by Gasteiger charge is 2.26. The zero-order valence-corrected chi connectivity index (χ0v) is 20.0. The van der Waals surface area contributed by atoms with Gasteiger partial charge in [0.1, 0.15) is 11.5 Å². The summed E-state index contributed by atoms with van der Waals surface area (Å²) in [5.41, 5.74) is 0. The molecular formula is C21H37IN4O2. The van der Waals surface area contributed by atoms with Gasteiger partial charge in [-0.3, -0.25) is 9.89 Å². The Morgan fingerprint density at radius 3 is 2.71 bits per heavy atom. The molecule has 28 heavy (non-hydrogen) atoms. The Hall–Kier alpha value is -0.800. The molecule has 1 aliphatic carbocycles. The Labute approximate surface area is 187 Å². The molecule has 2 fully saturated rings. The quantitative estimate of drug-likeness (QED) is 0.228. The summed E-state index contributed by atoms with van der Waals surface area (Å²) < 4.78 is 11.7. The first-order valence-corrected chi connectivity index (χ1v) is 10.5. The van der Waals surface area contributed by atoms with Gasteiger partial charge in [-0.25, -0.2) is 0 Å². The van der Waals surface area contributed by atoms with Crippen molar-refractivity contribution in [3.8, 4) is 0 Å². The van der Waals surface area contributed by atoms with Crippen molar-refractivity contribution in [2.45, 2.75) is 45.6 Å². The van der Waals surface area contributed by atoms with Gasteiger partial charge in [-0.2, -0.15) is 0 Å². The van der Waals surface area contributed by atoms with Gasteiger partial charge in [0, 0.05) is 26.7 Å². The number of ether oxygens (including phenoxy) is 1. The molecule has 2 heterocycles. The standard InChI is InChI=1S/C21H36N4O2.HI/c1-4-22-21(24(3)13-14-26-16-18-8-9-18)23-15-19(25-11-5-6-12-25)20-10-7-17(2)27-20;/h7,10,18-19H,4-6,8-9,11-16H2,1-3H3,(H,22,23);1H. The van der Waals surface area contributed by atoms with Gasteiger partial charge in [0.25, 0.3) is 0 Å². The average Bonchev–Trinajstić information content (AvgIpc) is 3.13. The van der Waals surface area contributed by atoms with E-state index in [1.807, 2.05) is 6.92 Å². The van der Waals surface area contributed by atoms with E-state index in [1.165, 1.54) is 25.7 Å². The first-order valence-electron chi connectivity index (χ1n) is 10.5. The van der Waals surface area contributed by atoms with Crippen molar-refractivity contribution in [3.63, 3.8) is 0 Å². The lowest BCUT2D eigenvalue weighted by molar-refractivity contribution is 0.115. The number of halogens is 1. The number of aryl methyl sites for hydroxylation is 1. The number of likely N-dealkylation sites (tertiary alicyclic amines) is 1. The molecule has 1 N–H and O–H groups in total. The third-order valence-corrected chi connectivity index (χ3v) is 5.40. The predicted molar refractivity (Wildman–Crippen MR) is 125 cm³/mol. The molecule has 1 aromatic heterocycles. The van der Waals surface area contributed by atoms with Crippen LogP contribution in [-0.2, 0) is 4.74 Å². The van der Waals surface area contributed by atoms with Crippen LogP contribution in [0, 0.1) is 12.8 Å². The summed E-state index contributed by atoms with van der Waals surface area (Å²) in [5, 5.41) is 3.42. The van der Waals surface area contributed by atoms with E-state index >= 15 is 0 Å². The third kappa shape index (κ3) is 7.22. The Kier molecular flexibility index (Phi) is 10.1. The van der Waals surface area contributed by atoms with Crippen LogP contribution in [0.3, 0.4) is 0 Å². The van der Waals surface area contributed by atoms with Crippen LogP contribution in [0.2, 0.25) is 0 Å². The number of hydrogen-bond acceptors (Lipinski definition) is 4. The molecule has 0 aromatic carbocycles. The van der Waals surface area contributed by atoms with Crippen molar-refractivity contribution in [1.82, 2.24) is 15.1 Å². The van der Waals surface area contributed by atoms with E-state index in [0.29, 0.717) is 6.54 Å². The molecule has 1 atom stereocenters. The van der Waals surface area contributed by atoms with Gasteiger partial charge in [0.05, 0.1) is 19.2 Å². The van der Waals surface area contributed by atoms with Gasteiger partial charge in [0.15, 0.2) is 5.96 Å². The minimum Gasteiger partial charge on any atom is -0.465 e. The van der Waals surface area contributed by atoms with Crippen molar-refractivity contribution in [3.05, 3.63) is 23.7 Å². The van der Waals surface area contributed by atoms with E-state index in [2.05, 4.69) is 41.2 Å². The first kappa shape index (κ1) is 23.5. The highest BCUT2D eigenvalue weighted by molar-refractivity contribution is 14.0. The summed E-state index contributed by atoms with van der Waals surface area (Å²) in [6.07, 6.45) is 5.20. The molecule has 1 aliphatic heterocycles. The van der Waals surface area contributed by atoms with E-state index in [1.54, 1.807) is 0 Å². The largest absolute Gasteiger partial charge is 0.465 e. The number of nitrogens with one attached hydrogen (secondary N) is 1. The number of likely N-dealkylation sites (N-methyl/N-ethyl adjacent to an activating group) is 1. The Balaban J connectivity index is 0.00000280. The van der Waals surface area contributed by atoms with Crippen molar-refractivity contribution in [2.24, 2.45) is 10.9 Å². The second-order valence-electron chi connectivity index (χ2n) is 7.84. The molecule has 2 aliphatic rings. The van der Waals surface area contributed by atoms with Crippen LogP contribution in [0.5, 0.6) is 0 Å². The molecule has 7 heteroatoms. The van der Waals surface area contributed by atoms with Crippen LogP contribution in [-0.4, -0.2) is 68.7 Å². The maximum absolute atomic E-state index is 5.95. The zero-order valence-electron chi connectivity index (χ0n) is 17.7. The van der Waals surface area contributed by atoms with Crippen LogP contribution in [0.1, 0.15) is 50.2 Å². The van der Waals surface area contributed by atoms with E-state index < -0.39 is 0 Å². The normalized spacial score (nSPS) is 18.8. The van der Waals surface area contributed by atoms with E-state index in [0.717, 1.165) is 62.8 Å². The molecule has 0 spiro atoms. The van der Waals surface area contributed by atoms with Crippen LogP contribution >= 0.6 is 24.0 Å². The summed E-state index contributed by atoms with van der Waals surface area (Å²) in [6.45, 7) is 10.5. The lowest BCUT2D eigenvalue weighted by Crippen LogP contribution is -2.41. The molecule has 160 valence electrons. The number of hydrogen-bond donors (Lipinski definition) is 1. The number of rotatable bonds is 10. The molecule has 1 aromatic rings.